The topological polar surface area (TPSA) is 113 Å². The van der Waals surface area contributed by atoms with Gasteiger partial charge in [-0.25, -0.2) is 4.98 Å². The monoisotopic (exact) mass is 482 g/mol. The lowest BCUT2D eigenvalue weighted by atomic mass is 10.2. The molecule has 0 aliphatic rings. The summed E-state index contributed by atoms with van der Waals surface area (Å²) in [6, 6.07) is 13.2. The molecular weight excluding hydrogens is 456 g/mol. The van der Waals surface area contributed by atoms with E-state index in [1.807, 2.05) is 54.9 Å². The summed E-state index contributed by atoms with van der Waals surface area (Å²) in [5.41, 5.74) is 2.92. The normalized spacial score (nSPS) is 11.3. The Kier molecular flexibility index (Phi) is 6.76. The summed E-state index contributed by atoms with van der Waals surface area (Å²) >= 11 is 0. The van der Waals surface area contributed by atoms with Crippen LogP contribution in [0.25, 0.3) is 22.4 Å². The lowest BCUT2D eigenvalue weighted by molar-refractivity contribution is 0.102. The molecule has 0 atom stereocenters. The minimum atomic E-state index is -0.339. The van der Waals surface area contributed by atoms with E-state index in [1.54, 1.807) is 37.1 Å². The third-order valence-electron chi connectivity index (χ3n) is 5.73. The van der Waals surface area contributed by atoms with Crippen LogP contribution in [0.1, 0.15) is 35.9 Å². The number of nitrogens with one attached hydrogen (secondary N) is 1. The van der Waals surface area contributed by atoms with Gasteiger partial charge in [-0.2, -0.15) is 0 Å². The van der Waals surface area contributed by atoms with Gasteiger partial charge in [0, 0.05) is 42.8 Å². The molecule has 0 saturated heterocycles. The number of nitrogens with zero attached hydrogens (tertiary/aromatic N) is 7. The van der Waals surface area contributed by atoms with Crippen LogP contribution in [0.2, 0.25) is 0 Å². The van der Waals surface area contributed by atoms with Crippen LogP contribution in [0, 0.1) is 0 Å². The Morgan fingerprint density at radius 2 is 2.00 bits per heavy atom. The average Bonchev–Trinajstić information content (AvgIpc) is 3.55. The van der Waals surface area contributed by atoms with Crippen molar-refractivity contribution in [3.05, 3.63) is 84.8 Å². The molecule has 5 rings (SSSR count). The maximum absolute atomic E-state index is 13.0. The highest BCUT2D eigenvalue weighted by Crippen LogP contribution is 2.21. The van der Waals surface area contributed by atoms with Gasteiger partial charge in [-0.15, -0.1) is 10.2 Å². The van der Waals surface area contributed by atoms with E-state index >= 15 is 0 Å². The number of hydrogen-bond donors (Lipinski definition) is 1. The highest BCUT2D eigenvalue weighted by molar-refractivity contribution is 6.04. The summed E-state index contributed by atoms with van der Waals surface area (Å²) in [6.07, 6.45) is 8.85. The molecule has 0 radical (unpaired) electrons. The summed E-state index contributed by atoms with van der Waals surface area (Å²) in [4.78, 5) is 25.9. The van der Waals surface area contributed by atoms with E-state index in [2.05, 4.69) is 35.0 Å². The molecule has 0 aromatic carbocycles. The van der Waals surface area contributed by atoms with E-state index in [0.717, 1.165) is 16.5 Å². The van der Waals surface area contributed by atoms with Crippen LogP contribution < -0.4 is 5.32 Å². The second-order valence-electron chi connectivity index (χ2n) is 8.56. The van der Waals surface area contributed by atoms with Gasteiger partial charge in [0.1, 0.15) is 23.5 Å². The van der Waals surface area contributed by atoms with Gasteiger partial charge in [0.25, 0.3) is 5.91 Å². The number of anilines is 1. The number of carbonyl (C=O) groups is 1. The second kappa shape index (κ2) is 10.4. The molecule has 0 fully saturated rings. The largest absolute Gasteiger partial charge is 0.375 e. The van der Waals surface area contributed by atoms with Crippen molar-refractivity contribution in [2.24, 2.45) is 0 Å². The van der Waals surface area contributed by atoms with Gasteiger partial charge in [-0.1, -0.05) is 6.07 Å². The number of ether oxygens (including phenoxy) is 1. The van der Waals surface area contributed by atoms with Crippen molar-refractivity contribution in [1.82, 2.24) is 34.3 Å². The summed E-state index contributed by atoms with van der Waals surface area (Å²) in [7, 11) is 0. The molecule has 5 aromatic heterocycles. The molecule has 10 nitrogen and oxygen atoms in total. The number of carbonyl (C=O) groups excluding carboxylic acids is 1. The van der Waals surface area contributed by atoms with Crippen LogP contribution in [-0.2, 0) is 17.9 Å². The molecule has 10 heteroatoms. The quantitative estimate of drug-likeness (QED) is 0.314. The van der Waals surface area contributed by atoms with Crippen molar-refractivity contribution in [2.75, 3.05) is 11.9 Å². The zero-order valence-electron chi connectivity index (χ0n) is 20.1. The van der Waals surface area contributed by atoms with E-state index in [0.29, 0.717) is 42.8 Å². The van der Waals surface area contributed by atoms with Crippen LogP contribution in [0.5, 0.6) is 0 Å². The third-order valence-corrected chi connectivity index (χ3v) is 5.73. The SMILES string of the molecule is CC(C)n1cnnc1-c1cccc(NC(=O)c2cc3c(ccn3CCOCc3ccncc3)cn2)n1. The molecule has 0 bridgehead atoms. The van der Waals surface area contributed by atoms with Gasteiger partial charge in [0.05, 0.1) is 18.7 Å². The Morgan fingerprint density at radius 3 is 2.83 bits per heavy atom. The van der Waals surface area contributed by atoms with Crippen LogP contribution in [-0.4, -0.2) is 46.8 Å². The minimum absolute atomic E-state index is 0.184. The fourth-order valence-corrected chi connectivity index (χ4v) is 3.85. The van der Waals surface area contributed by atoms with Crippen molar-refractivity contribution >= 4 is 22.6 Å². The Morgan fingerprint density at radius 1 is 1.14 bits per heavy atom. The van der Waals surface area contributed by atoms with E-state index in [9.17, 15) is 4.79 Å². The van der Waals surface area contributed by atoms with Gasteiger partial charge in [0.2, 0.25) is 0 Å². The zero-order valence-corrected chi connectivity index (χ0v) is 20.1. The predicted octanol–water partition coefficient (Wildman–Crippen LogP) is 4.13. The van der Waals surface area contributed by atoms with Gasteiger partial charge in [-0.3, -0.25) is 14.8 Å². The number of fused-ring (bicyclic) bond motifs is 1. The summed E-state index contributed by atoms with van der Waals surface area (Å²) in [6.45, 7) is 5.80. The van der Waals surface area contributed by atoms with Crippen molar-refractivity contribution in [2.45, 2.75) is 33.0 Å². The average molecular weight is 483 g/mol. The summed E-state index contributed by atoms with van der Waals surface area (Å²) in [5.74, 6) is 0.718. The number of rotatable bonds is 9. The Balaban J connectivity index is 1.27. The first kappa shape index (κ1) is 23.3. The van der Waals surface area contributed by atoms with Gasteiger partial charge >= 0.3 is 0 Å². The standard InChI is InChI=1S/C26H26N8O2/c1-18(2)34-17-29-32-25(34)21-4-3-5-24(30-21)31-26(35)22-14-23-20(15-28-22)8-11-33(23)12-13-36-16-19-6-9-27-10-7-19/h3-11,14-15,17-18H,12-13,16H2,1-2H3,(H,30,31,35). The first-order valence-corrected chi connectivity index (χ1v) is 11.7. The Hall–Kier alpha value is -4.44. The third kappa shape index (κ3) is 5.13. The van der Waals surface area contributed by atoms with E-state index in [-0.39, 0.29) is 11.9 Å². The first-order valence-electron chi connectivity index (χ1n) is 11.7. The first-order chi connectivity index (χ1) is 17.6. The number of hydrogen-bond acceptors (Lipinski definition) is 7. The number of pyridine rings is 3. The maximum atomic E-state index is 13.0. The van der Waals surface area contributed by atoms with Gasteiger partial charge in [-0.05, 0) is 55.8 Å². The lowest BCUT2D eigenvalue weighted by Crippen LogP contribution is -2.15. The fourth-order valence-electron chi connectivity index (χ4n) is 3.85. The molecule has 5 aromatic rings. The molecule has 0 spiro atoms. The molecule has 1 N–H and O–H groups in total. The van der Waals surface area contributed by atoms with Crippen LogP contribution in [0.4, 0.5) is 5.82 Å². The van der Waals surface area contributed by atoms with Crippen molar-refractivity contribution in [1.29, 1.82) is 0 Å². The minimum Gasteiger partial charge on any atom is -0.375 e. The molecule has 5 heterocycles. The smallest absolute Gasteiger partial charge is 0.275 e. The molecule has 0 unspecified atom stereocenters. The molecular formula is C26H26N8O2. The van der Waals surface area contributed by atoms with Crippen molar-refractivity contribution < 1.29 is 9.53 Å². The molecule has 1 amide bonds. The predicted molar refractivity (Wildman–Crippen MR) is 135 cm³/mol. The lowest BCUT2D eigenvalue weighted by Gasteiger charge is -2.11. The molecule has 0 saturated carbocycles. The van der Waals surface area contributed by atoms with E-state index in [1.165, 1.54) is 0 Å². The van der Waals surface area contributed by atoms with Crippen molar-refractivity contribution in [3.63, 3.8) is 0 Å². The second-order valence-corrected chi connectivity index (χ2v) is 8.56. The highest BCUT2D eigenvalue weighted by atomic mass is 16.5. The Labute approximate surface area is 208 Å². The fraction of sp³-hybridized carbons (Fsp3) is 0.231. The molecule has 36 heavy (non-hydrogen) atoms. The van der Waals surface area contributed by atoms with Crippen LogP contribution in [0.3, 0.4) is 0 Å². The van der Waals surface area contributed by atoms with E-state index in [4.69, 9.17) is 4.74 Å². The van der Waals surface area contributed by atoms with E-state index < -0.39 is 0 Å². The van der Waals surface area contributed by atoms with Crippen LogP contribution >= 0.6 is 0 Å². The number of aromatic nitrogens is 7. The van der Waals surface area contributed by atoms with Crippen molar-refractivity contribution in [3.8, 4) is 11.5 Å². The molecule has 0 aliphatic heterocycles. The van der Waals surface area contributed by atoms with Crippen LogP contribution in [0.15, 0.2) is 73.6 Å². The molecule has 0 aliphatic carbocycles. The Bertz CT molecular complexity index is 1480. The van der Waals surface area contributed by atoms with Gasteiger partial charge < -0.3 is 19.2 Å². The summed E-state index contributed by atoms with van der Waals surface area (Å²) in [5, 5.41) is 12.0. The van der Waals surface area contributed by atoms with Gasteiger partial charge in [0.15, 0.2) is 5.82 Å². The zero-order chi connectivity index (χ0) is 24.9. The summed E-state index contributed by atoms with van der Waals surface area (Å²) < 4.78 is 9.78. The number of amides is 1. The molecule has 182 valence electrons. The highest BCUT2D eigenvalue weighted by Gasteiger charge is 2.14. The maximum Gasteiger partial charge on any atom is 0.275 e.